The van der Waals surface area contributed by atoms with Gasteiger partial charge in [-0.15, -0.1) is 5.10 Å². The molecule has 0 unspecified atom stereocenters. The van der Waals surface area contributed by atoms with Gasteiger partial charge in [-0.05, 0) is 42.5 Å². The number of nitrogens with one attached hydrogen (secondary N) is 2. The van der Waals surface area contributed by atoms with E-state index < -0.39 is 0 Å². The Balaban J connectivity index is 1.47. The van der Waals surface area contributed by atoms with Crippen molar-refractivity contribution in [3.63, 3.8) is 0 Å². The van der Waals surface area contributed by atoms with E-state index in [2.05, 4.69) is 37.5 Å². The molecule has 8 heteroatoms. The summed E-state index contributed by atoms with van der Waals surface area (Å²) in [5.41, 5.74) is 2.84. The standard InChI is InChI=1S/C18H17Cl2N5O/c19-12-1-6-15(16(20)11-12)17-22-18(24-23-17)21-13-2-4-14(5-3-13)25-7-9-26-10-8-25/h1-6,11H,7-10H2,(H2,21,22,23,24). The molecule has 0 saturated carbocycles. The molecule has 1 fully saturated rings. The van der Waals surface area contributed by atoms with Crippen molar-refractivity contribution in [3.8, 4) is 11.4 Å². The van der Waals surface area contributed by atoms with Crippen LogP contribution in [0.4, 0.5) is 17.3 Å². The highest BCUT2D eigenvalue weighted by Gasteiger charge is 2.12. The minimum absolute atomic E-state index is 0.477. The van der Waals surface area contributed by atoms with Gasteiger partial charge in [0.1, 0.15) is 0 Å². The molecule has 2 aromatic carbocycles. The van der Waals surface area contributed by atoms with Crippen LogP contribution in [0.15, 0.2) is 42.5 Å². The van der Waals surface area contributed by atoms with E-state index in [1.165, 1.54) is 5.69 Å². The summed E-state index contributed by atoms with van der Waals surface area (Å²) in [6.07, 6.45) is 0. The van der Waals surface area contributed by atoms with Crippen LogP contribution in [0.3, 0.4) is 0 Å². The van der Waals surface area contributed by atoms with Crippen molar-refractivity contribution in [2.24, 2.45) is 0 Å². The van der Waals surface area contributed by atoms with Crippen molar-refractivity contribution in [1.29, 1.82) is 0 Å². The van der Waals surface area contributed by atoms with Crippen LogP contribution in [-0.2, 0) is 4.74 Å². The van der Waals surface area contributed by atoms with Crippen molar-refractivity contribution < 1.29 is 4.74 Å². The molecule has 0 spiro atoms. The lowest BCUT2D eigenvalue weighted by Gasteiger charge is -2.28. The topological polar surface area (TPSA) is 66.1 Å². The maximum atomic E-state index is 6.22. The van der Waals surface area contributed by atoms with Crippen LogP contribution in [0.2, 0.25) is 10.0 Å². The lowest BCUT2D eigenvalue weighted by Crippen LogP contribution is -2.36. The van der Waals surface area contributed by atoms with Crippen molar-refractivity contribution in [1.82, 2.24) is 15.2 Å². The maximum Gasteiger partial charge on any atom is 0.246 e. The Kier molecular flexibility index (Phi) is 4.97. The molecule has 0 amide bonds. The first-order chi connectivity index (χ1) is 12.7. The minimum Gasteiger partial charge on any atom is -0.378 e. The Morgan fingerprint density at radius 2 is 1.81 bits per heavy atom. The number of ether oxygens (including phenoxy) is 1. The zero-order valence-electron chi connectivity index (χ0n) is 13.9. The number of hydrogen-bond acceptors (Lipinski definition) is 5. The number of aromatic nitrogens is 3. The van der Waals surface area contributed by atoms with Gasteiger partial charge in [0.2, 0.25) is 5.95 Å². The minimum atomic E-state index is 0.477. The summed E-state index contributed by atoms with van der Waals surface area (Å²) in [5, 5.41) is 11.4. The summed E-state index contributed by atoms with van der Waals surface area (Å²) >= 11 is 12.2. The second kappa shape index (κ2) is 7.53. The lowest BCUT2D eigenvalue weighted by molar-refractivity contribution is 0.122. The maximum absolute atomic E-state index is 6.22. The number of morpholine rings is 1. The third-order valence-electron chi connectivity index (χ3n) is 4.17. The van der Waals surface area contributed by atoms with Crippen molar-refractivity contribution >= 4 is 40.5 Å². The predicted molar refractivity (Wildman–Crippen MR) is 105 cm³/mol. The van der Waals surface area contributed by atoms with Crippen LogP contribution >= 0.6 is 23.2 Å². The SMILES string of the molecule is Clc1ccc(-c2nc(Nc3ccc(N4CCOCC4)cc3)n[nH]2)c(Cl)c1. The van der Waals surface area contributed by atoms with Gasteiger partial charge < -0.3 is 15.0 Å². The van der Waals surface area contributed by atoms with Crippen LogP contribution in [0.25, 0.3) is 11.4 Å². The fourth-order valence-corrected chi connectivity index (χ4v) is 3.32. The number of aromatic amines is 1. The summed E-state index contributed by atoms with van der Waals surface area (Å²) < 4.78 is 5.39. The van der Waals surface area contributed by atoms with E-state index in [4.69, 9.17) is 27.9 Å². The average Bonchev–Trinajstić information content (AvgIpc) is 3.11. The molecule has 1 aliphatic rings. The Hall–Kier alpha value is -2.28. The smallest absolute Gasteiger partial charge is 0.246 e. The quantitative estimate of drug-likeness (QED) is 0.693. The highest BCUT2D eigenvalue weighted by Crippen LogP contribution is 2.29. The second-order valence-corrected chi connectivity index (χ2v) is 6.75. The zero-order valence-corrected chi connectivity index (χ0v) is 15.4. The third-order valence-corrected chi connectivity index (χ3v) is 4.72. The molecule has 1 saturated heterocycles. The van der Waals surface area contributed by atoms with E-state index in [1.807, 2.05) is 18.2 Å². The Morgan fingerprint density at radius 1 is 1.04 bits per heavy atom. The van der Waals surface area contributed by atoms with Gasteiger partial charge in [0.25, 0.3) is 0 Å². The normalized spacial score (nSPS) is 14.5. The van der Waals surface area contributed by atoms with Crippen LogP contribution in [0, 0.1) is 0 Å². The van der Waals surface area contributed by atoms with Crippen LogP contribution in [-0.4, -0.2) is 41.5 Å². The fourth-order valence-electron chi connectivity index (χ4n) is 2.83. The van der Waals surface area contributed by atoms with Gasteiger partial charge >= 0.3 is 0 Å². The van der Waals surface area contributed by atoms with E-state index in [9.17, 15) is 0 Å². The molecule has 1 aromatic heterocycles. The molecule has 4 rings (SSSR count). The molecule has 0 radical (unpaired) electrons. The number of nitrogens with zero attached hydrogens (tertiary/aromatic N) is 3. The average molecular weight is 390 g/mol. The number of halogens is 2. The largest absolute Gasteiger partial charge is 0.378 e. The first-order valence-electron chi connectivity index (χ1n) is 8.27. The van der Waals surface area contributed by atoms with E-state index in [1.54, 1.807) is 12.1 Å². The highest BCUT2D eigenvalue weighted by molar-refractivity contribution is 6.36. The monoisotopic (exact) mass is 389 g/mol. The molecule has 134 valence electrons. The first kappa shape index (κ1) is 17.1. The summed E-state index contributed by atoms with van der Waals surface area (Å²) in [4.78, 5) is 6.75. The Labute approximate surface area is 161 Å². The highest BCUT2D eigenvalue weighted by atomic mass is 35.5. The Bertz CT molecular complexity index is 891. The number of H-pyrrole nitrogens is 1. The fraction of sp³-hybridized carbons (Fsp3) is 0.222. The molecule has 26 heavy (non-hydrogen) atoms. The molecular weight excluding hydrogens is 373 g/mol. The molecule has 2 heterocycles. The molecule has 0 atom stereocenters. The van der Waals surface area contributed by atoms with Gasteiger partial charge in [-0.1, -0.05) is 23.2 Å². The number of hydrogen-bond donors (Lipinski definition) is 2. The molecule has 0 bridgehead atoms. The zero-order chi connectivity index (χ0) is 17.9. The lowest BCUT2D eigenvalue weighted by atomic mass is 10.2. The van der Waals surface area contributed by atoms with E-state index >= 15 is 0 Å². The van der Waals surface area contributed by atoms with Gasteiger partial charge in [0.05, 0.1) is 18.2 Å². The van der Waals surface area contributed by atoms with Crippen LogP contribution < -0.4 is 10.2 Å². The van der Waals surface area contributed by atoms with Crippen LogP contribution in [0.1, 0.15) is 0 Å². The van der Waals surface area contributed by atoms with Gasteiger partial charge in [0.15, 0.2) is 5.82 Å². The van der Waals surface area contributed by atoms with Gasteiger partial charge in [-0.25, -0.2) is 0 Å². The van der Waals surface area contributed by atoms with Crippen molar-refractivity contribution in [2.75, 3.05) is 36.5 Å². The van der Waals surface area contributed by atoms with E-state index in [-0.39, 0.29) is 0 Å². The summed E-state index contributed by atoms with van der Waals surface area (Å²) in [6, 6.07) is 13.4. The number of benzene rings is 2. The number of anilines is 3. The number of rotatable bonds is 4. The van der Waals surface area contributed by atoms with Gasteiger partial charge in [-0.3, -0.25) is 5.10 Å². The second-order valence-electron chi connectivity index (χ2n) is 5.90. The molecule has 1 aliphatic heterocycles. The molecular formula is C18H17Cl2N5O. The molecule has 2 N–H and O–H groups in total. The van der Waals surface area contributed by atoms with Crippen LogP contribution in [0.5, 0.6) is 0 Å². The molecule has 0 aliphatic carbocycles. The summed E-state index contributed by atoms with van der Waals surface area (Å²) in [6.45, 7) is 3.37. The first-order valence-corrected chi connectivity index (χ1v) is 9.02. The molecule has 6 nitrogen and oxygen atoms in total. The Morgan fingerprint density at radius 3 is 2.54 bits per heavy atom. The third kappa shape index (κ3) is 3.77. The predicted octanol–water partition coefficient (Wildman–Crippen LogP) is 4.36. The van der Waals surface area contributed by atoms with Crippen molar-refractivity contribution in [3.05, 3.63) is 52.5 Å². The van der Waals surface area contributed by atoms with Gasteiger partial charge in [-0.2, -0.15) is 4.98 Å². The van der Waals surface area contributed by atoms with E-state index in [0.717, 1.165) is 37.6 Å². The molecule has 3 aromatic rings. The summed E-state index contributed by atoms with van der Waals surface area (Å²) in [5.74, 6) is 1.06. The summed E-state index contributed by atoms with van der Waals surface area (Å²) in [7, 11) is 0. The van der Waals surface area contributed by atoms with E-state index in [0.29, 0.717) is 21.8 Å². The van der Waals surface area contributed by atoms with Crippen molar-refractivity contribution in [2.45, 2.75) is 0 Å². The van der Waals surface area contributed by atoms with Gasteiger partial charge in [0, 0.05) is 35.1 Å².